The van der Waals surface area contributed by atoms with Crippen LogP contribution in [0.5, 0.6) is 0 Å². The van der Waals surface area contributed by atoms with E-state index in [0.717, 1.165) is 12.8 Å². The largest absolute Gasteiger partial charge is 0.273 e. The van der Waals surface area contributed by atoms with Gasteiger partial charge < -0.3 is 0 Å². The van der Waals surface area contributed by atoms with Crippen molar-refractivity contribution >= 4 is 17.8 Å². The van der Waals surface area contributed by atoms with Gasteiger partial charge in [0, 0.05) is 18.3 Å². The first-order valence-electron chi connectivity index (χ1n) is 7.23. The highest BCUT2D eigenvalue weighted by atomic mass is 16.6. The van der Waals surface area contributed by atoms with E-state index in [9.17, 15) is 14.9 Å². The second kappa shape index (κ2) is 8.43. The second-order valence-electron chi connectivity index (χ2n) is 4.97. The fourth-order valence-electron chi connectivity index (χ4n) is 2.02. The van der Waals surface area contributed by atoms with Crippen LogP contribution in [-0.4, -0.2) is 17.0 Å². The second-order valence-corrected chi connectivity index (χ2v) is 4.97. The van der Waals surface area contributed by atoms with Crippen molar-refractivity contribution in [2.24, 2.45) is 5.10 Å². The Morgan fingerprint density at radius 1 is 1.09 bits per heavy atom. The third-order valence-electron chi connectivity index (χ3n) is 3.20. The zero-order chi connectivity index (χ0) is 16.5. The van der Waals surface area contributed by atoms with Crippen LogP contribution in [0.1, 0.15) is 17.5 Å². The lowest BCUT2D eigenvalue weighted by Crippen LogP contribution is -2.19. The summed E-state index contributed by atoms with van der Waals surface area (Å²) in [5.41, 5.74) is 4.38. The lowest BCUT2D eigenvalue weighted by atomic mass is 10.1. The molecule has 6 heteroatoms. The summed E-state index contributed by atoms with van der Waals surface area (Å²) in [5, 5.41) is 14.4. The Kier molecular flexibility index (Phi) is 5.99. The number of amides is 1. The zero-order valence-electron chi connectivity index (χ0n) is 12.5. The molecule has 1 amide bonds. The van der Waals surface area contributed by atoms with E-state index in [2.05, 4.69) is 10.5 Å². The van der Waals surface area contributed by atoms with Gasteiger partial charge in [-0.2, -0.15) is 5.10 Å². The number of nitro benzene ring substituents is 1. The molecule has 0 saturated heterocycles. The molecule has 0 radical (unpaired) electrons. The number of nitrogens with one attached hydrogen (secondary N) is 1. The molecule has 1 N–H and O–H groups in total. The van der Waals surface area contributed by atoms with Crippen LogP contribution in [0.25, 0.3) is 0 Å². The highest BCUT2D eigenvalue weighted by Gasteiger charge is 2.06. The minimum Gasteiger partial charge on any atom is -0.273 e. The average Bonchev–Trinajstić information content (AvgIpc) is 2.56. The van der Waals surface area contributed by atoms with Crippen LogP contribution in [-0.2, 0) is 17.6 Å². The predicted octanol–water partition coefficient (Wildman–Crippen LogP) is 2.87. The minimum absolute atomic E-state index is 0.00749. The van der Waals surface area contributed by atoms with Crippen LogP contribution in [0.15, 0.2) is 59.7 Å². The van der Waals surface area contributed by atoms with Gasteiger partial charge in [0.05, 0.1) is 11.3 Å². The van der Waals surface area contributed by atoms with Crippen LogP contribution < -0.4 is 5.43 Å². The molecule has 2 aromatic carbocycles. The van der Waals surface area contributed by atoms with Gasteiger partial charge in [0.15, 0.2) is 0 Å². The monoisotopic (exact) mass is 311 g/mol. The first-order valence-corrected chi connectivity index (χ1v) is 7.23. The number of benzene rings is 2. The smallest absolute Gasteiger partial charge is 0.269 e. The maximum absolute atomic E-state index is 11.7. The molecule has 23 heavy (non-hydrogen) atoms. The van der Waals surface area contributed by atoms with Crippen LogP contribution >= 0.6 is 0 Å². The van der Waals surface area contributed by atoms with E-state index in [4.69, 9.17) is 0 Å². The fraction of sp³-hybridized carbons (Fsp3) is 0.176. The van der Waals surface area contributed by atoms with E-state index >= 15 is 0 Å². The molecule has 0 aliphatic carbocycles. The van der Waals surface area contributed by atoms with Crippen molar-refractivity contribution < 1.29 is 9.72 Å². The van der Waals surface area contributed by atoms with Crippen LogP contribution in [0.3, 0.4) is 0 Å². The molecule has 0 aliphatic heterocycles. The number of hydrazone groups is 1. The normalized spacial score (nSPS) is 10.6. The quantitative estimate of drug-likeness (QED) is 0.485. The van der Waals surface area contributed by atoms with E-state index in [-0.39, 0.29) is 18.0 Å². The van der Waals surface area contributed by atoms with Crippen LogP contribution in [0.4, 0.5) is 5.69 Å². The number of rotatable bonds is 7. The first-order chi connectivity index (χ1) is 11.1. The molecule has 0 spiro atoms. The topological polar surface area (TPSA) is 84.6 Å². The molecule has 0 aliphatic rings. The van der Waals surface area contributed by atoms with Crippen molar-refractivity contribution in [3.63, 3.8) is 0 Å². The average molecular weight is 311 g/mol. The number of hydrogen-bond donors (Lipinski definition) is 1. The summed E-state index contributed by atoms with van der Waals surface area (Å²) in [6, 6.07) is 15.9. The molecule has 6 nitrogen and oxygen atoms in total. The Balaban J connectivity index is 1.72. The third-order valence-corrected chi connectivity index (χ3v) is 3.20. The molecule has 0 aromatic heterocycles. The molecule has 2 rings (SSSR count). The van der Waals surface area contributed by atoms with Crippen molar-refractivity contribution in [3.05, 3.63) is 75.8 Å². The fourth-order valence-corrected chi connectivity index (χ4v) is 2.02. The lowest BCUT2D eigenvalue weighted by Gasteiger charge is -2.00. The number of nitrogens with zero attached hydrogens (tertiary/aromatic N) is 2. The van der Waals surface area contributed by atoms with Crippen molar-refractivity contribution in [2.75, 3.05) is 0 Å². The Bertz CT molecular complexity index is 682. The summed E-state index contributed by atoms with van der Waals surface area (Å²) < 4.78 is 0. The number of aryl methyl sites for hydroxylation is 1. The standard InChI is InChI=1S/C17H17N3O3/c21-17(13-15-8-10-16(11-9-15)20(22)23)19-18-12-4-7-14-5-2-1-3-6-14/h1-3,5-6,8-12H,4,7,13H2,(H,19,21)/b18-12-. The van der Waals surface area contributed by atoms with Gasteiger partial charge in [-0.3, -0.25) is 14.9 Å². The maximum atomic E-state index is 11.7. The Labute approximate surface area is 134 Å². The summed E-state index contributed by atoms with van der Waals surface area (Å²) in [5.74, 6) is -0.255. The van der Waals surface area contributed by atoms with Gasteiger partial charge in [-0.15, -0.1) is 0 Å². The number of nitro groups is 1. The predicted molar refractivity (Wildman–Crippen MR) is 88.2 cm³/mol. The van der Waals surface area contributed by atoms with Crippen molar-refractivity contribution in [2.45, 2.75) is 19.3 Å². The number of non-ortho nitro benzene ring substituents is 1. The van der Waals surface area contributed by atoms with E-state index in [1.807, 2.05) is 30.3 Å². The zero-order valence-corrected chi connectivity index (χ0v) is 12.5. The van der Waals surface area contributed by atoms with Gasteiger partial charge in [0.25, 0.3) is 5.69 Å². The van der Waals surface area contributed by atoms with E-state index < -0.39 is 4.92 Å². The van der Waals surface area contributed by atoms with Gasteiger partial charge in [0.2, 0.25) is 5.91 Å². The molecule has 0 heterocycles. The lowest BCUT2D eigenvalue weighted by molar-refractivity contribution is -0.384. The summed E-state index contributed by atoms with van der Waals surface area (Å²) in [4.78, 5) is 21.8. The molecule has 118 valence electrons. The van der Waals surface area contributed by atoms with Gasteiger partial charge in [0.1, 0.15) is 0 Å². The van der Waals surface area contributed by atoms with E-state index in [1.54, 1.807) is 18.3 Å². The van der Waals surface area contributed by atoms with Gasteiger partial charge in [-0.05, 0) is 24.0 Å². The van der Waals surface area contributed by atoms with Gasteiger partial charge in [-0.25, -0.2) is 5.43 Å². The summed E-state index contributed by atoms with van der Waals surface area (Å²) in [7, 11) is 0. The number of carbonyl (C=O) groups is 1. The summed E-state index contributed by atoms with van der Waals surface area (Å²) in [6.45, 7) is 0. The third kappa shape index (κ3) is 5.70. The SMILES string of the molecule is O=C(Cc1ccc([N+](=O)[O-])cc1)N/N=C\CCc1ccccc1. The molecule has 2 aromatic rings. The molecular formula is C17H17N3O3. The maximum Gasteiger partial charge on any atom is 0.269 e. The molecule has 0 saturated carbocycles. The molecule has 0 bridgehead atoms. The van der Waals surface area contributed by atoms with Crippen molar-refractivity contribution in [1.29, 1.82) is 0 Å². The highest BCUT2D eigenvalue weighted by molar-refractivity contribution is 5.79. The van der Waals surface area contributed by atoms with E-state index in [1.165, 1.54) is 17.7 Å². The van der Waals surface area contributed by atoms with Crippen LogP contribution in [0.2, 0.25) is 0 Å². The van der Waals surface area contributed by atoms with Crippen molar-refractivity contribution in [3.8, 4) is 0 Å². The summed E-state index contributed by atoms with van der Waals surface area (Å²) in [6.07, 6.45) is 3.40. The minimum atomic E-state index is -0.471. The molecule has 0 fully saturated rings. The Morgan fingerprint density at radius 2 is 1.78 bits per heavy atom. The molecule has 0 atom stereocenters. The van der Waals surface area contributed by atoms with Crippen molar-refractivity contribution in [1.82, 2.24) is 5.43 Å². The molecular weight excluding hydrogens is 294 g/mol. The van der Waals surface area contributed by atoms with Crippen LogP contribution in [0, 0.1) is 10.1 Å². The number of carbonyl (C=O) groups excluding carboxylic acids is 1. The van der Waals surface area contributed by atoms with Gasteiger partial charge >= 0.3 is 0 Å². The van der Waals surface area contributed by atoms with Gasteiger partial charge in [-0.1, -0.05) is 42.5 Å². The Hall–Kier alpha value is -3.02. The Morgan fingerprint density at radius 3 is 2.43 bits per heavy atom. The molecule has 0 unspecified atom stereocenters. The van der Waals surface area contributed by atoms with E-state index in [0.29, 0.717) is 5.56 Å². The highest BCUT2D eigenvalue weighted by Crippen LogP contribution is 2.12. The summed E-state index contributed by atoms with van der Waals surface area (Å²) >= 11 is 0. The number of hydrogen-bond acceptors (Lipinski definition) is 4. The first kappa shape index (κ1) is 16.4.